The normalized spacial score (nSPS) is 15.6. The molecule has 2 heterocycles. The first kappa shape index (κ1) is 23.8. The zero-order chi connectivity index (χ0) is 24.2. The van der Waals surface area contributed by atoms with Crippen molar-refractivity contribution in [2.45, 2.75) is 26.7 Å². The van der Waals surface area contributed by atoms with Gasteiger partial charge in [0.1, 0.15) is 0 Å². The van der Waals surface area contributed by atoms with Crippen molar-refractivity contribution in [2.75, 3.05) is 23.7 Å². The lowest BCUT2D eigenvalue weighted by Crippen LogP contribution is -2.43. The summed E-state index contributed by atoms with van der Waals surface area (Å²) < 4.78 is 0. The molecule has 10 heteroatoms. The van der Waals surface area contributed by atoms with E-state index in [2.05, 4.69) is 20.8 Å². The molecule has 1 fully saturated rings. The highest BCUT2D eigenvalue weighted by Crippen LogP contribution is 2.23. The van der Waals surface area contributed by atoms with Crippen molar-refractivity contribution in [1.82, 2.24) is 15.1 Å². The summed E-state index contributed by atoms with van der Waals surface area (Å²) in [4.78, 5) is 39.9. The lowest BCUT2D eigenvalue weighted by Gasteiger charge is -2.31. The second-order valence-electron chi connectivity index (χ2n) is 8.25. The number of rotatable bonds is 5. The van der Waals surface area contributed by atoms with Crippen LogP contribution in [0, 0.1) is 19.8 Å². The summed E-state index contributed by atoms with van der Waals surface area (Å²) in [5.74, 6) is -1.21. The van der Waals surface area contributed by atoms with Gasteiger partial charge in [-0.3, -0.25) is 14.4 Å². The van der Waals surface area contributed by atoms with Crippen molar-refractivity contribution < 1.29 is 14.4 Å². The summed E-state index contributed by atoms with van der Waals surface area (Å²) in [5.41, 5.74) is 3.57. The minimum Gasteiger partial charge on any atom is -0.336 e. The predicted molar refractivity (Wildman–Crippen MR) is 132 cm³/mol. The van der Waals surface area contributed by atoms with E-state index in [9.17, 15) is 14.4 Å². The van der Waals surface area contributed by atoms with E-state index < -0.39 is 5.91 Å². The molecule has 1 aliphatic rings. The van der Waals surface area contributed by atoms with E-state index in [0.717, 1.165) is 28.2 Å². The van der Waals surface area contributed by atoms with Crippen LogP contribution in [0.1, 0.15) is 43.6 Å². The predicted octanol–water partition coefficient (Wildman–Crippen LogP) is 4.55. The second kappa shape index (κ2) is 10.3. The van der Waals surface area contributed by atoms with Crippen LogP contribution in [0.2, 0.25) is 5.02 Å². The lowest BCUT2D eigenvalue weighted by molar-refractivity contribution is -0.121. The van der Waals surface area contributed by atoms with Crippen molar-refractivity contribution >= 4 is 52.0 Å². The van der Waals surface area contributed by atoms with Crippen LogP contribution >= 0.6 is 22.9 Å². The Bertz CT molecular complexity index is 1230. The summed E-state index contributed by atoms with van der Waals surface area (Å²) in [7, 11) is 0. The highest BCUT2D eigenvalue weighted by molar-refractivity contribution is 7.15. The molecule has 0 unspecified atom stereocenters. The first-order valence-electron chi connectivity index (χ1n) is 10.9. The van der Waals surface area contributed by atoms with Gasteiger partial charge in [-0.25, -0.2) is 0 Å². The number of anilines is 2. The number of aromatic nitrogens is 2. The Labute approximate surface area is 206 Å². The first-order valence-corrected chi connectivity index (χ1v) is 12.1. The molecule has 0 spiro atoms. The zero-order valence-electron chi connectivity index (χ0n) is 18.8. The molecule has 34 heavy (non-hydrogen) atoms. The fraction of sp³-hybridized carbons (Fsp3) is 0.292. The smallest absolute Gasteiger partial charge is 0.286 e. The van der Waals surface area contributed by atoms with Gasteiger partial charge in [0.15, 0.2) is 0 Å². The Morgan fingerprint density at radius 3 is 2.41 bits per heavy atom. The van der Waals surface area contributed by atoms with Crippen molar-refractivity contribution in [1.29, 1.82) is 0 Å². The number of carbonyl (C=O) groups excluding carboxylic acids is 3. The molecule has 2 N–H and O–H groups in total. The van der Waals surface area contributed by atoms with Gasteiger partial charge in [-0.2, -0.15) is 0 Å². The van der Waals surface area contributed by atoms with E-state index in [1.165, 1.54) is 0 Å². The zero-order valence-corrected chi connectivity index (χ0v) is 20.4. The highest BCUT2D eigenvalue weighted by Gasteiger charge is 2.31. The minimum absolute atomic E-state index is 0.0827. The van der Waals surface area contributed by atoms with Crippen LogP contribution in [-0.2, 0) is 4.79 Å². The highest BCUT2D eigenvalue weighted by atomic mass is 35.5. The number of aryl methyl sites for hydroxylation is 2. The molecule has 0 radical (unpaired) electrons. The van der Waals surface area contributed by atoms with Gasteiger partial charge in [0.05, 0.1) is 5.92 Å². The van der Waals surface area contributed by atoms with Gasteiger partial charge in [0, 0.05) is 29.5 Å². The topological polar surface area (TPSA) is 104 Å². The van der Waals surface area contributed by atoms with E-state index in [1.807, 2.05) is 32.0 Å². The number of likely N-dealkylation sites (tertiary alicyclic amines) is 1. The van der Waals surface area contributed by atoms with Crippen LogP contribution in [-0.4, -0.2) is 45.9 Å². The van der Waals surface area contributed by atoms with Crippen molar-refractivity contribution in [3.8, 4) is 0 Å². The van der Waals surface area contributed by atoms with Crippen molar-refractivity contribution in [3.63, 3.8) is 0 Å². The van der Waals surface area contributed by atoms with Crippen LogP contribution in [0.3, 0.4) is 0 Å². The molecule has 3 aromatic rings. The monoisotopic (exact) mass is 497 g/mol. The van der Waals surface area contributed by atoms with E-state index in [0.29, 0.717) is 36.6 Å². The summed E-state index contributed by atoms with van der Waals surface area (Å²) in [6.45, 7) is 4.84. The largest absolute Gasteiger partial charge is 0.336 e. The number of carbonyl (C=O) groups is 3. The third-order valence-corrected chi connectivity index (χ3v) is 6.92. The maximum Gasteiger partial charge on any atom is 0.286 e. The van der Waals surface area contributed by atoms with Crippen LogP contribution in [0.5, 0.6) is 0 Å². The number of amides is 3. The Kier molecular flexibility index (Phi) is 7.23. The molecule has 8 nitrogen and oxygen atoms in total. The average molecular weight is 498 g/mol. The Morgan fingerprint density at radius 2 is 1.68 bits per heavy atom. The van der Waals surface area contributed by atoms with Gasteiger partial charge in [-0.05, 0) is 74.2 Å². The lowest BCUT2D eigenvalue weighted by atomic mass is 9.97. The second-order valence-corrected chi connectivity index (χ2v) is 9.67. The van der Waals surface area contributed by atoms with Crippen molar-refractivity contribution in [2.24, 2.45) is 5.92 Å². The molecule has 1 aromatic heterocycles. The minimum atomic E-state index is -0.455. The maximum atomic E-state index is 13.0. The van der Waals surface area contributed by atoms with Crippen LogP contribution in [0.15, 0.2) is 42.5 Å². The number of hydrogen-bond donors (Lipinski definition) is 2. The van der Waals surface area contributed by atoms with Gasteiger partial charge in [-0.1, -0.05) is 29.0 Å². The number of halogens is 1. The summed E-state index contributed by atoms with van der Waals surface area (Å²) in [6, 6.07) is 12.5. The van der Waals surface area contributed by atoms with E-state index >= 15 is 0 Å². The van der Waals surface area contributed by atoms with E-state index in [-0.39, 0.29) is 27.7 Å². The Morgan fingerprint density at radius 1 is 0.971 bits per heavy atom. The number of benzene rings is 2. The third kappa shape index (κ3) is 5.60. The molecule has 1 aliphatic heterocycles. The summed E-state index contributed by atoms with van der Waals surface area (Å²) in [5, 5.41) is 14.2. The van der Waals surface area contributed by atoms with Gasteiger partial charge in [0.2, 0.25) is 15.9 Å². The fourth-order valence-corrected chi connectivity index (χ4v) is 4.53. The summed E-state index contributed by atoms with van der Waals surface area (Å²) >= 11 is 6.79. The number of hydrogen-bond acceptors (Lipinski definition) is 6. The third-order valence-electron chi connectivity index (χ3n) is 5.76. The SMILES string of the molecule is Cc1ccc(NC(=O)[C@H]2CCCN(C(=O)c3nnc(C(=O)Nc4ccc(Cl)cc4)s3)C2)cc1C. The molecule has 176 valence electrons. The number of nitrogens with one attached hydrogen (secondary N) is 2. The van der Waals surface area contributed by atoms with Gasteiger partial charge >= 0.3 is 0 Å². The molecule has 0 aliphatic carbocycles. The fourth-order valence-electron chi connectivity index (χ4n) is 3.69. The average Bonchev–Trinajstić information content (AvgIpc) is 3.33. The maximum absolute atomic E-state index is 13.0. The Balaban J connectivity index is 1.37. The molecule has 1 saturated heterocycles. The van der Waals surface area contributed by atoms with E-state index in [1.54, 1.807) is 29.2 Å². The van der Waals surface area contributed by atoms with Gasteiger partial charge in [-0.15, -0.1) is 10.2 Å². The molecule has 0 saturated carbocycles. The summed E-state index contributed by atoms with van der Waals surface area (Å²) in [6.07, 6.45) is 1.41. The molecule has 1 atom stereocenters. The van der Waals surface area contributed by atoms with Crippen LogP contribution in [0.25, 0.3) is 0 Å². The Hall–Kier alpha value is -3.30. The van der Waals surface area contributed by atoms with Crippen LogP contribution < -0.4 is 10.6 Å². The first-order chi connectivity index (χ1) is 16.3. The van der Waals surface area contributed by atoms with Gasteiger partial charge < -0.3 is 15.5 Å². The van der Waals surface area contributed by atoms with Crippen LogP contribution in [0.4, 0.5) is 11.4 Å². The quantitative estimate of drug-likeness (QED) is 0.538. The number of piperidine rings is 1. The molecule has 0 bridgehead atoms. The van der Waals surface area contributed by atoms with Crippen molar-refractivity contribution in [3.05, 3.63) is 68.6 Å². The standard InChI is InChI=1S/C24H24ClN5O3S/c1-14-5-8-19(12-15(14)2)27-20(31)16-4-3-11-30(13-16)24(33)23-29-28-22(34-23)21(32)26-18-9-6-17(25)7-10-18/h5-10,12,16H,3-4,11,13H2,1-2H3,(H,26,32)(H,27,31)/t16-/m0/s1. The number of nitrogens with zero attached hydrogens (tertiary/aromatic N) is 3. The van der Waals surface area contributed by atoms with E-state index in [4.69, 9.17) is 11.6 Å². The molecule has 4 rings (SSSR count). The molecule has 2 aromatic carbocycles. The molecule has 3 amide bonds. The van der Waals surface area contributed by atoms with Gasteiger partial charge in [0.25, 0.3) is 11.8 Å². The molecular formula is C24H24ClN5O3S. The molecular weight excluding hydrogens is 474 g/mol.